The molecule has 0 unspecified atom stereocenters. The van der Waals surface area contributed by atoms with Crippen LogP contribution in [-0.2, 0) is 10.2 Å². The van der Waals surface area contributed by atoms with Gasteiger partial charge in [-0.25, -0.2) is 0 Å². The van der Waals surface area contributed by atoms with Gasteiger partial charge in [-0.15, -0.1) is 0 Å². The minimum Gasteiger partial charge on any atom is -0.481 e. The van der Waals surface area contributed by atoms with Crippen LogP contribution in [0.3, 0.4) is 0 Å². The SMILES string of the molecule is C[C@@H](CC(=O)O)c1ccc(C(C)(C)C)cc1. The lowest BCUT2D eigenvalue weighted by molar-refractivity contribution is -0.137. The van der Waals surface area contributed by atoms with Crippen molar-refractivity contribution in [2.45, 2.75) is 45.4 Å². The van der Waals surface area contributed by atoms with Gasteiger partial charge in [-0.1, -0.05) is 52.0 Å². The molecule has 1 aromatic carbocycles. The summed E-state index contributed by atoms with van der Waals surface area (Å²) < 4.78 is 0. The highest BCUT2D eigenvalue weighted by Gasteiger charge is 2.14. The standard InChI is InChI=1S/C14H20O2/c1-10(9-13(15)16)11-5-7-12(8-6-11)14(2,3)4/h5-8,10H,9H2,1-4H3,(H,15,16)/t10-/m0/s1. The Kier molecular flexibility index (Phi) is 3.74. The van der Waals surface area contributed by atoms with E-state index in [9.17, 15) is 4.79 Å². The Labute approximate surface area is 97.3 Å². The molecule has 88 valence electrons. The average Bonchev–Trinajstić information content (AvgIpc) is 2.15. The minimum absolute atomic E-state index is 0.0755. The molecular formula is C14H20O2. The molecule has 0 bridgehead atoms. The van der Waals surface area contributed by atoms with E-state index in [1.54, 1.807) is 0 Å². The number of carboxylic acid groups (broad SMARTS) is 1. The van der Waals surface area contributed by atoms with Gasteiger partial charge in [0.25, 0.3) is 0 Å². The third kappa shape index (κ3) is 3.37. The van der Waals surface area contributed by atoms with Crippen LogP contribution in [0.5, 0.6) is 0 Å². The van der Waals surface area contributed by atoms with Crippen molar-refractivity contribution in [1.29, 1.82) is 0 Å². The van der Waals surface area contributed by atoms with Crippen LogP contribution in [0, 0.1) is 0 Å². The smallest absolute Gasteiger partial charge is 0.303 e. The van der Waals surface area contributed by atoms with E-state index in [4.69, 9.17) is 5.11 Å². The third-order valence-electron chi connectivity index (χ3n) is 2.83. The third-order valence-corrected chi connectivity index (χ3v) is 2.83. The van der Waals surface area contributed by atoms with Crippen molar-refractivity contribution in [3.05, 3.63) is 35.4 Å². The monoisotopic (exact) mass is 220 g/mol. The first-order valence-electron chi connectivity index (χ1n) is 5.63. The molecule has 0 heterocycles. The molecule has 1 atom stereocenters. The molecule has 0 aliphatic heterocycles. The molecule has 2 nitrogen and oxygen atoms in total. The molecular weight excluding hydrogens is 200 g/mol. The molecule has 0 aliphatic rings. The second kappa shape index (κ2) is 4.69. The molecule has 1 rings (SSSR count). The fraction of sp³-hybridized carbons (Fsp3) is 0.500. The molecule has 1 aromatic rings. The Morgan fingerprint density at radius 3 is 2.12 bits per heavy atom. The summed E-state index contributed by atoms with van der Waals surface area (Å²) in [7, 11) is 0. The van der Waals surface area contributed by atoms with Crippen LogP contribution in [0.1, 0.15) is 51.2 Å². The highest BCUT2D eigenvalue weighted by atomic mass is 16.4. The van der Waals surface area contributed by atoms with Crippen LogP contribution in [0.25, 0.3) is 0 Å². The van der Waals surface area contributed by atoms with Gasteiger partial charge in [0, 0.05) is 0 Å². The Morgan fingerprint density at radius 2 is 1.75 bits per heavy atom. The van der Waals surface area contributed by atoms with E-state index in [0.29, 0.717) is 0 Å². The number of benzene rings is 1. The van der Waals surface area contributed by atoms with E-state index in [1.165, 1.54) is 5.56 Å². The summed E-state index contributed by atoms with van der Waals surface area (Å²) in [6.45, 7) is 8.45. The Morgan fingerprint density at radius 1 is 1.25 bits per heavy atom. The van der Waals surface area contributed by atoms with Crippen LogP contribution in [0.2, 0.25) is 0 Å². The van der Waals surface area contributed by atoms with E-state index in [1.807, 2.05) is 19.1 Å². The molecule has 16 heavy (non-hydrogen) atoms. The maximum atomic E-state index is 10.6. The molecule has 1 N–H and O–H groups in total. The fourth-order valence-electron chi connectivity index (χ4n) is 1.69. The van der Waals surface area contributed by atoms with Crippen molar-refractivity contribution in [2.75, 3.05) is 0 Å². The molecule has 0 radical (unpaired) electrons. The topological polar surface area (TPSA) is 37.3 Å². The lowest BCUT2D eigenvalue weighted by Gasteiger charge is -2.20. The van der Waals surface area contributed by atoms with Crippen LogP contribution in [0.15, 0.2) is 24.3 Å². The lowest BCUT2D eigenvalue weighted by atomic mass is 9.85. The number of carbonyl (C=O) groups is 1. The van der Waals surface area contributed by atoms with Crippen LogP contribution < -0.4 is 0 Å². The number of hydrogen-bond donors (Lipinski definition) is 1. The second-order valence-electron chi connectivity index (χ2n) is 5.37. The van der Waals surface area contributed by atoms with E-state index in [2.05, 4.69) is 32.9 Å². The first kappa shape index (κ1) is 12.8. The molecule has 0 fully saturated rings. The Bertz CT molecular complexity index is 357. The number of rotatable bonds is 3. The molecule has 0 saturated heterocycles. The molecule has 0 amide bonds. The van der Waals surface area contributed by atoms with Gasteiger partial charge in [0.1, 0.15) is 0 Å². The number of aliphatic carboxylic acids is 1. The number of hydrogen-bond acceptors (Lipinski definition) is 1. The largest absolute Gasteiger partial charge is 0.481 e. The average molecular weight is 220 g/mol. The van der Waals surface area contributed by atoms with Crippen LogP contribution in [-0.4, -0.2) is 11.1 Å². The highest BCUT2D eigenvalue weighted by molar-refractivity contribution is 5.67. The zero-order valence-electron chi connectivity index (χ0n) is 10.4. The summed E-state index contributed by atoms with van der Waals surface area (Å²) in [6, 6.07) is 8.25. The number of carboxylic acids is 1. The quantitative estimate of drug-likeness (QED) is 0.845. The van der Waals surface area contributed by atoms with E-state index < -0.39 is 5.97 Å². The van der Waals surface area contributed by atoms with Gasteiger partial charge in [0.15, 0.2) is 0 Å². The highest BCUT2D eigenvalue weighted by Crippen LogP contribution is 2.25. The summed E-state index contributed by atoms with van der Waals surface area (Å²) in [5.74, 6) is -0.668. The second-order valence-corrected chi connectivity index (χ2v) is 5.37. The van der Waals surface area contributed by atoms with Crippen molar-refractivity contribution in [1.82, 2.24) is 0 Å². The maximum Gasteiger partial charge on any atom is 0.303 e. The maximum absolute atomic E-state index is 10.6. The van der Waals surface area contributed by atoms with E-state index in [0.717, 1.165) is 5.56 Å². The van der Waals surface area contributed by atoms with Gasteiger partial charge >= 0.3 is 5.97 Å². The molecule has 0 aromatic heterocycles. The van der Waals surface area contributed by atoms with E-state index >= 15 is 0 Å². The van der Waals surface area contributed by atoms with Crippen molar-refractivity contribution in [3.63, 3.8) is 0 Å². The zero-order valence-corrected chi connectivity index (χ0v) is 10.4. The van der Waals surface area contributed by atoms with Crippen molar-refractivity contribution in [3.8, 4) is 0 Å². The van der Waals surface area contributed by atoms with Gasteiger partial charge in [-0.05, 0) is 22.5 Å². The fourth-order valence-corrected chi connectivity index (χ4v) is 1.69. The predicted octanol–water partition coefficient (Wildman–Crippen LogP) is 3.56. The van der Waals surface area contributed by atoms with Crippen molar-refractivity contribution < 1.29 is 9.90 Å². The van der Waals surface area contributed by atoms with Gasteiger partial charge in [-0.2, -0.15) is 0 Å². The van der Waals surface area contributed by atoms with Crippen molar-refractivity contribution in [2.24, 2.45) is 0 Å². The van der Waals surface area contributed by atoms with E-state index in [-0.39, 0.29) is 17.8 Å². The van der Waals surface area contributed by atoms with Gasteiger partial charge in [0.05, 0.1) is 6.42 Å². The van der Waals surface area contributed by atoms with Crippen molar-refractivity contribution >= 4 is 5.97 Å². The Hall–Kier alpha value is -1.31. The first-order valence-corrected chi connectivity index (χ1v) is 5.63. The summed E-state index contributed by atoms with van der Waals surface area (Å²) in [4.78, 5) is 10.6. The normalized spacial score (nSPS) is 13.5. The molecule has 0 saturated carbocycles. The summed E-state index contributed by atoms with van der Waals surface area (Å²) in [5.41, 5.74) is 2.52. The molecule has 0 aliphatic carbocycles. The summed E-state index contributed by atoms with van der Waals surface area (Å²) >= 11 is 0. The lowest BCUT2D eigenvalue weighted by Crippen LogP contribution is -2.11. The first-order chi connectivity index (χ1) is 7.30. The van der Waals surface area contributed by atoms with Gasteiger partial charge in [-0.3, -0.25) is 4.79 Å². The van der Waals surface area contributed by atoms with Crippen LogP contribution in [0.4, 0.5) is 0 Å². The zero-order chi connectivity index (χ0) is 12.3. The summed E-state index contributed by atoms with van der Waals surface area (Å²) in [6.07, 6.45) is 0.189. The molecule has 2 heteroatoms. The van der Waals surface area contributed by atoms with Crippen LogP contribution >= 0.6 is 0 Å². The Balaban J connectivity index is 2.83. The summed E-state index contributed by atoms with van der Waals surface area (Å²) in [5, 5.41) is 8.73. The van der Waals surface area contributed by atoms with Gasteiger partial charge < -0.3 is 5.11 Å². The predicted molar refractivity (Wildman–Crippen MR) is 65.8 cm³/mol. The molecule has 0 spiro atoms. The van der Waals surface area contributed by atoms with Gasteiger partial charge in [0.2, 0.25) is 0 Å². The minimum atomic E-state index is -0.743.